The Kier molecular flexibility index (Phi) is 8.39. The normalized spacial score (nSPS) is 14.4. The Morgan fingerprint density at radius 2 is 1.24 bits per heavy atom. The molecule has 350 valence electrons. The predicted octanol–water partition coefficient (Wildman–Crippen LogP) is 16.2. The molecule has 0 fully saturated rings. The van der Waals surface area contributed by atoms with Crippen molar-refractivity contribution in [2.24, 2.45) is 0 Å². The van der Waals surface area contributed by atoms with Crippen LogP contribution in [0.3, 0.4) is 0 Å². The van der Waals surface area contributed by atoms with Gasteiger partial charge in [-0.15, -0.1) is 29.7 Å². The molecule has 5 nitrogen and oxygen atoms in total. The maximum atomic E-state index is 9.34. The Hall–Kier alpha value is -8.11. The Morgan fingerprint density at radius 3 is 1.99 bits per heavy atom. The molecule has 6 heteroatoms. The van der Waals surface area contributed by atoms with Gasteiger partial charge in [0.2, 0.25) is 0 Å². The first-order chi connectivity index (χ1) is 39.2. The number of rotatable bonds is 6. The average Bonchev–Trinajstić information content (AvgIpc) is 1.84. The van der Waals surface area contributed by atoms with Gasteiger partial charge in [-0.2, -0.15) is 18.2 Å². The smallest absolute Gasteiger partial charge is 0.268 e. The van der Waals surface area contributed by atoms with Gasteiger partial charge in [-0.25, -0.2) is 4.98 Å². The van der Waals surface area contributed by atoms with Crippen LogP contribution < -0.4 is 9.30 Å². The van der Waals surface area contributed by atoms with Crippen LogP contribution in [-0.4, -0.2) is 14.1 Å². The van der Waals surface area contributed by atoms with Crippen molar-refractivity contribution in [3.05, 3.63) is 235 Å². The molecule has 0 aliphatic carbocycles. The van der Waals surface area contributed by atoms with Crippen LogP contribution in [0.5, 0.6) is 11.5 Å². The van der Waals surface area contributed by atoms with Gasteiger partial charge in [0.05, 0.1) is 23.6 Å². The molecule has 12 aromatic rings. The molecule has 3 aromatic heterocycles. The summed E-state index contributed by atoms with van der Waals surface area (Å²) >= 11 is 0. The van der Waals surface area contributed by atoms with Crippen molar-refractivity contribution < 1.29 is 45.4 Å². The first kappa shape index (κ1) is 34.3. The summed E-state index contributed by atoms with van der Waals surface area (Å²) in [6, 6.07) is 55.2. The Bertz CT molecular complexity index is 4590. The molecule has 0 radical (unpaired) electrons. The van der Waals surface area contributed by atoms with Gasteiger partial charge in [-0.3, -0.25) is 4.57 Å². The zero-order chi connectivity index (χ0) is 57.3. The average molecular weight is 1120 g/mol. The fraction of sp³-hybridized carbons (Fsp3) is 0.0909. The number of hydrogen-bond acceptors (Lipinski definition) is 2. The summed E-state index contributed by atoms with van der Waals surface area (Å²) in [6.45, 7) is 1.02. The number of para-hydroxylation sites is 2. The summed E-state index contributed by atoms with van der Waals surface area (Å²) in [5.74, 6) is 1.43. The van der Waals surface area contributed by atoms with Gasteiger partial charge in [-0.05, 0) is 127 Å². The molecule has 13 rings (SSSR count). The topological polar surface area (TPSA) is 35.9 Å². The number of imidazole rings is 1. The van der Waals surface area contributed by atoms with E-state index < -0.39 is 43.9 Å². The summed E-state index contributed by atoms with van der Waals surface area (Å²) in [4.78, 5) is 4.84. The number of hydrogen-bond donors (Lipinski definition) is 0. The molecular weight excluding hydrogens is 1060 g/mol. The molecule has 0 unspecified atom stereocenters. The minimum Gasteiger partial charge on any atom is -0.510 e. The van der Waals surface area contributed by atoms with E-state index in [0.29, 0.717) is 61.7 Å². The molecule has 0 saturated carbocycles. The first-order valence-corrected chi connectivity index (χ1v) is 23.4. The first-order valence-electron chi connectivity index (χ1n) is 28.9. The number of pyridine rings is 1. The van der Waals surface area contributed by atoms with E-state index in [9.17, 15) is 2.74 Å². The van der Waals surface area contributed by atoms with Crippen molar-refractivity contribution in [3.8, 4) is 84.3 Å². The van der Waals surface area contributed by atoms with Crippen LogP contribution in [0.2, 0.25) is 0 Å². The Balaban J connectivity index is 0.00000680. The van der Waals surface area contributed by atoms with Gasteiger partial charge in [0.15, 0.2) is 0 Å². The molecule has 0 bridgehead atoms. The standard InChI is InChI=1S/C66H48N4O.Pt/c1-42-18-15-19-43(2)63(42)45-36-58-54-27-12-10-25-52(54)51-24-9-11-26-53(51)57-30-17-29-50(44-20-7-6-8-21-44)64(57)69-41-68(61(37-45)65(58)69)47-22-16-23-48(39-47)71-49-32-33-56-55-28-13-14-31-59(55)70(60(56)40-49)62-38-46(34-35-67-62)66(3,4)5;/h6-38H,1-5H3;/q-2;/i1D3,2D3,6D,7D,8D,20D,21D;. The summed E-state index contributed by atoms with van der Waals surface area (Å²) in [5.41, 5.74) is 9.09. The maximum absolute atomic E-state index is 9.34. The molecule has 0 amide bonds. The van der Waals surface area contributed by atoms with Gasteiger partial charge in [0, 0.05) is 52.5 Å². The fourth-order valence-corrected chi connectivity index (χ4v) is 10.2. The van der Waals surface area contributed by atoms with Gasteiger partial charge in [0.25, 0.3) is 6.33 Å². The zero-order valence-electron chi connectivity index (χ0n) is 50.2. The molecule has 9 aromatic carbocycles. The van der Waals surface area contributed by atoms with E-state index in [0.717, 1.165) is 49.9 Å². The van der Waals surface area contributed by atoms with E-state index in [1.165, 1.54) is 18.2 Å². The molecule has 0 saturated heterocycles. The van der Waals surface area contributed by atoms with Crippen molar-refractivity contribution in [1.29, 1.82) is 0 Å². The second-order valence-electron chi connectivity index (χ2n) is 18.8. The third kappa shape index (κ3) is 7.42. The Labute approximate surface area is 450 Å². The van der Waals surface area contributed by atoms with Crippen LogP contribution in [0.4, 0.5) is 0 Å². The number of benzene rings is 9. The third-order valence-electron chi connectivity index (χ3n) is 13.5. The molecular formula is C66H48N4OPt-2. The van der Waals surface area contributed by atoms with Gasteiger partial charge >= 0.3 is 0 Å². The van der Waals surface area contributed by atoms with E-state index in [-0.39, 0.29) is 48.7 Å². The predicted molar refractivity (Wildman–Crippen MR) is 289 cm³/mol. The Morgan fingerprint density at radius 1 is 0.583 bits per heavy atom. The van der Waals surface area contributed by atoms with E-state index in [4.69, 9.17) is 22.1 Å². The van der Waals surface area contributed by atoms with Crippen LogP contribution in [0.25, 0.3) is 106 Å². The van der Waals surface area contributed by atoms with E-state index in [2.05, 4.69) is 62.0 Å². The van der Waals surface area contributed by atoms with Gasteiger partial charge in [-0.1, -0.05) is 166 Å². The van der Waals surface area contributed by atoms with E-state index in [1.807, 2.05) is 114 Å². The number of aromatic nitrogens is 4. The molecule has 0 N–H and O–H groups in total. The quantitative estimate of drug-likeness (QED) is 0.123. The molecule has 1 aliphatic heterocycles. The minimum absolute atomic E-state index is 0. The molecule has 72 heavy (non-hydrogen) atoms. The molecule has 1 aliphatic rings. The van der Waals surface area contributed by atoms with Crippen LogP contribution in [0.15, 0.2) is 200 Å². The van der Waals surface area contributed by atoms with Crippen LogP contribution in [0, 0.1) is 32.2 Å². The van der Waals surface area contributed by atoms with Crippen LogP contribution in [-0.2, 0) is 26.5 Å². The summed E-state index contributed by atoms with van der Waals surface area (Å²) in [5, 5.41) is 1.98. The molecule has 0 spiro atoms. The number of nitrogens with zero attached hydrogens (tertiary/aromatic N) is 4. The third-order valence-corrected chi connectivity index (χ3v) is 13.5. The van der Waals surface area contributed by atoms with Crippen molar-refractivity contribution >= 4 is 32.8 Å². The molecule has 4 heterocycles. The summed E-state index contributed by atoms with van der Waals surface area (Å²) in [6.07, 6.45) is 5.47. The van der Waals surface area contributed by atoms with Crippen molar-refractivity contribution in [2.45, 2.75) is 39.9 Å². The summed E-state index contributed by atoms with van der Waals surface area (Å²) in [7, 11) is 0. The maximum Gasteiger partial charge on any atom is 0.268 e. The number of aryl methyl sites for hydroxylation is 2. The van der Waals surface area contributed by atoms with Crippen LogP contribution in [0.1, 0.15) is 52.5 Å². The van der Waals surface area contributed by atoms with E-state index in [1.54, 1.807) is 28.8 Å². The molecule has 0 atom stereocenters. The number of fused-ring (bicyclic) bond motifs is 10. The summed E-state index contributed by atoms with van der Waals surface area (Å²) < 4.78 is 110. The number of ether oxygens (including phenoxy) is 1. The second-order valence-corrected chi connectivity index (χ2v) is 18.8. The second kappa shape index (κ2) is 17.6. The minimum atomic E-state index is -2.74. The van der Waals surface area contributed by atoms with Crippen molar-refractivity contribution in [1.82, 2.24) is 14.1 Å². The van der Waals surface area contributed by atoms with Crippen molar-refractivity contribution in [3.63, 3.8) is 0 Å². The zero-order valence-corrected chi connectivity index (χ0v) is 41.5. The van der Waals surface area contributed by atoms with Crippen molar-refractivity contribution in [2.75, 3.05) is 0 Å². The fourth-order valence-electron chi connectivity index (χ4n) is 10.2. The van der Waals surface area contributed by atoms with Gasteiger partial charge in [0.1, 0.15) is 5.82 Å². The SMILES string of the molecule is [2H]c1c([2H])c([2H])c(-c2cccc3c2-[n+]2[c-]n(-c4[c-]c(Oc5[c-]c6c(cc5)c5ccccc5n6-c5cc(C(C)(C)C)ccn5)ccc4)c4cc(-c5c(C([2H])([2H])[2H])cccc5C([2H])([2H])[2H])cc(c42)-c2ccccc2-c2ccccc2-3)c([2H])c1[2H].[Pt]. The monoisotopic (exact) mass is 1120 g/mol. The van der Waals surface area contributed by atoms with Gasteiger partial charge < -0.3 is 13.9 Å². The largest absolute Gasteiger partial charge is 0.510 e. The van der Waals surface area contributed by atoms with E-state index >= 15 is 0 Å². The van der Waals surface area contributed by atoms with Crippen LogP contribution >= 0.6 is 0 Å².